The van der Waals surface area contributed by atoms with Crippen LogP contribution < -0.4 is 0 Å². The van der Waals surface area contributed by atoms with Crippen LogP contribution in [0, 0.1) is 0 Å². The van der Waals surface area contributed by atoms with Crippen molar-refractivity contribution in [2.24, 2.45) is 0 Å². The third-order valence-electron chi connectivity index (χ3n) is 4.26. The maximum Gasteiger partial charge on any atom is 0.348 e. The molecule has 1 aromatic carbocycles. The van der Waals surface area contributed by atoms with Gasteiger partial charge in [-0.15, -0.1) is 22.7 Å². The first kappa shape index (κ1) is 17.7. The zero-order valence-electron chi connectivity index (χ0n) is 15.0. The Morgan fingerprint density at radius 2 is 1.85 bits per heavy atom. The number of methoxy groups -OCH3 is 1. The number of carbonyl (C=O) groups is 1. The van der Waals surface area contributed by atoms with E-state index in [2.05, 4.69) is 41.8 Å². The summed E-state index contributed by atoms with van der Waals surface area (Å²) in [6.45, 7) is 3.01. The molecule has 0 bridgehead atoms. The Labute approximate surface area is 165 Å². The highest BCUT2D eigenvalue weighted by molar-refractivity contribution is 7.23. The zero-order chi connectivity index (χ0) is 18.8. The number of nitrogens with zero attached hydrogens (tertiary/aromatic N) is 2. The van der Waals surface area contributed by atoms with Gasteiger partial charge in [0, 0.05) is 21.2 Å². The van der Waals surface area contributed by atoms with Gasteiger partial charge < -0.3 is 9.30 Å². The molecule has 6 heteroatoms. The van der Waals surface area contributed by atoms with Crippen molar-refractivity contribution in [3.63, 3.8) is 0 Å². The van der Waals surface area contributed by atoms with Gasteiger partial charge in [0.2, 0.25) is 0 Å². The fourth-order valence-corrected chi connectivity index (χ4v) is 4.89. The van der Waals surface area contributed by atoms with Gasteiger partial charge in [0.05, 0.1) is 18.1 Å². The number of hydrogen-bond donors (Lipinski definition) is 0. The van der Waals surface area contributed by atoms with Crippen molar-refractivity contribution in [1.82, 2.24) is 9.55 Å². The molecule has 0 amide bonds. The van der Waals surface area contributed by atoms with E-state index in [1.165, 1.54) is 18.4 Å². The first-order chi connectivity index (χ1) is 13.2. The molecule has 4 nitrogen and oxygen atoms in total. The van der Waals surface area contributed by atoms with Crippen LogP contribution >= 0.6 is 22.7 Å². The summed E-state index contributed by atoms with van der Waals surface area (Å²) in [6, 6.07) is 16.1. The molecule has 0 unspecified atom stereocenters. The molecule has 0 spiro atoms. The molecule has 0 fully saturated rings. The molecular weight excluding hydrogens is 376 g/mol. The van der Waals surface area contributed by atoms with Gasteiger partial charge in [0.1, 0.15) is 10.7 Å². The summed E-state index contributed by atoms with van der Waals surface area (Å²) in [4.78, 5) is 20.3. The fraction of sp³-hybridized carbons (Fsp3) is 0.143. The standard InChI is InChI=1S/C21H18N2O2S2/c1-3-23-16-7-5-4-6-15(16)22-20(23)13-9-14-8-10-17(26-14)18-11-12-19(27-18)21(24)25-2/h4-13H,3H2,1-2H3/b13-9+. The van der Waals surface area contributed by atoms with E-state index in [1.807, 2.05) is 30.3 Å². The van der Waals surface area contributed by atoms with Crippen molar-refractivity contribution >= 4 is 51.8 Å². The van der Waals surface area contributed by atoms with E-state index in [4.69, 9.17) is 9.72 Å². The smallest absolute Gasteiger partial charge is 0.348 e. The Morgan fingerprint density at radius 1 is 1.07 bits per heavy atom. The summed E-state index contributed by atoms with van der Waals surface area (Å²) < 4.78 is 6.99. The molecule has 0 radical (unpaired) electrons. The topological polar surface area (TPSA) is 44.1 Å². The molecule has 0 aliphatic rings. The maximum atomic E-state index is 11.6. The average molecular weight is 395 g/mol. The van der Waals surface area contributed by atoms with Crippen LogP contribution in [0.25, 0.3) is 32.9 Å². The number of aryl methyl sites for hydroxylation is 1. The fourth-order valence-electron chi connectivity index (χ4n) is 2.97. The lowest BCUT2D eigenvalue weighted by molar-refractivity contribution is 0.0606. The van der Waals surface area contributed by atoms with Gasteiger partial charge in [-0.2, -0.15) is 0 Å². The van der Waals surface area contributed by atoms with Crippen LogP contribution in [0.15, 0.2) is 48.5 Å². The molecule has 4 rings (SSSR count). The normalized spacial score (nSPS) is 11.5. The molecule has 0 aliphatic heterocycles. The Balaban J connectivity index is 1.59. The molecule has 0 saturated carbocycles. The summed E-state index contributed by atoms with van der Waals surface area (Å²) >= 11 is 3.14. The molecule has 0 atom stereocenters. The van der Waals surface area contributed by atoms with Crippen LogP contribution in [0.3, 0.4) is 0 Å². The van der Waals surface area contributed by atoms with E-state index in [1.54, 1.807) is 11.3 Å². The van der Waals surface area contributed by atoms with Crippen molar-refractivity contribution in [3.05, 3.63) is 64.1 Å². The second-order valence-electron chi connectivity index (χ2n) is 5.89. The predicted molar refractivity (Wildman–Crippen MR) is 113 cm³/mol. The molecule has 3 heterocycles. The lowest BCUT2D eigenvalue weighted by Crippen LogP contribution is -1.96. The molecule has 3 aromatic heterocycles. The number of ether oxygens (including phenoxy) is 1. The van der Waals surface area contributed by atoms with Crippen LogP contribution in [0.2, 0.25) is 0 Å². The minimum atomic E-state index is -0.290. The summed E-state index contributed by atoms with van der Waals surface area (Å²) in [5.74, 6) is 0.666. The summed E-state index contributed by atoms with van der Waals surface area (Å²) in [7, 11) is 1.40. The third kappa shape index (κ3) is 3.46. The highest BCUT2D eigenvalue weighted by atomic mass is 32.1. The van der Waals surface area contributed by atoms with Crippen LogP contribution in [0.4, 0.5) is 0 Å². The minimum absolute atomic E-state index is 0.290. The lowest BCUT2D eigenvalue weighted by atomic mass is 10.3. The van der Waals surface area contributed by atoms with E-state index < -0.39 is 0 Å². The van der Waals surface area contributed by atoms with E-state index in [-0.39, 0.29) is 5.97 Å². The highest BCUT2D eigenvalue weighted by Crippen LogP contribution is 2.34. The molecule has 0 aliphatic carbocycles. The average Bonchev–Trinajstić information content (AvgIpc) is 3.42. The van der Waals surface area contributed by atoms with Gasteiger partial charge in [-0.05, 0) is 55.5 Å². The quantitative estimate of drug-likeness (QED) is 0.402. The van der Waals surface area contributed by atoms with Gasteiger partial charge >= 0.3 is 5.97 Å². The van der Waals surface area contributed by atoms with Crippen molar-refractivity contribution < 1.29 is 9.53 Å². The van der Waals surface area contributed by atoms with E-state index in [0.29, 0.717) is 4.88 Å². The number of fused-ring (bicyclic) bond motifs is 1. The van der Waals surface area contributed by atoms with Gasteiger partial charge in [-0.25, -0.2) is 9.78 Å². The third-order valence-corrected chi connectivity index (χ3v) is 6.57. The maximum absolute atomic E-state index is 11.6. The lowest BCUT2D eigenvalue weighted by Gasteiger charge is -2.01. The number of hydrogen-bond acceptors (Lipinski definition) is 5. The minimum Gasteiger partial charge on any atom is -0.465 e. The van der Waals surface area contributed by atoms with Crippen LogP contribution in [0.1, 0.15) is 27.3 Å². The van der Waals surface area contributed by atoms with Gasteiger partial charge in [0.25, 0.3) is 0 Å². The number of imidazole rings is 1. The highest BCUT2D eigenvalue weighted by Gasteiger charge is 2.11. The Bertz CT molecular complexity index is 1130. The molecule has 136 valence electrons. The van der Waals surface area contributed by atoms with E-state index in [9.17, 15) is 4.79 Å². The van der Waals surface area contributed by atoms with Crippen molar-refractivity contribution in [1.29, 1.82) is 0 Å². The van der Waals surface area contributed by atoms with E-state index in [0.717, 1.165) is 38.0 Å². The van der Waals surface area contributed by atoms with Crippen molar-refractivity contribution in [3.8, 4) is 9.75 Å². The Morgan fingerprint density at radius 3 is 2.67 bits per heavy atom. The number of thiophene rings is 2. The first-order valence-corrected chi connectivity index (χ1v) is 10.2. The largest absolute Gasteiger partial charge is 0.465 e. The molecule has 4 aromatic rings. The van der Waals surface area contributed by atoms with Crippen LogP contribution in [-0.2, 0) is 11.3 Å². The van der Waals surface area contributed by atoms with Crippen molar-refractivity contribution in [2.75, 3.05) is 7.11 Å². The number of esters is 1. The molecular formula is C21H18N2O2S2. The number of benzene rings is 1. The van der Waals surface area contributed by atoms with E-state index >= 15 is 0 Å². The number of aromatic nitrogens is 2. The molecule has 0 saturated heterocycles. The first-order valence-electron chi connectivity index (χ1n) is 8.61. The summed E-state index contributed by atoms with van der Waals surface area (Å²) in [5, 5.41) is 0. The second-order valence-corrected chi connectivity index (χ2v) is 8.09. The number of rotatable bonds is 5. The Hall–Kier alpha value is -2.70. The summed E-state index contributed by atoms with van der Waals surface area (Å²) in [5.41, 5.74) is 2.17. The second kappa shape index (κ2) is 7.50. The predicted octanol–water partition coefficient (Wildman–Crippen LogP) is 5.80. The van der Waals surface area contributed by atoms with Crippen LogP contribution in [0.5, 0.6) is 0 Å². The number of carbonyl (C=O) groups excluding carboxylic acids is 1. The van der Waals surface area contributed by atoms with Crippen LogP contribution in [-0.4, -0.2) is 22.6 Å². The van der Waals surface area contributed by atoms with Gasteiger partial charge in [-0.3, -0.25) is 0 Å². The number of para-hydroxylation sites is 2. The monoisotopic (exact) mass is 394 g/mol. The zero-order valence-corrected chi connectivity index (χ0v) is 16.6. The van der Waals surface area contributed by atoms with Crippen molar-refractivity contribution in [2.45, 2.75) is 13.5 Å². The SMILES string of the molecule is CCn1c(/C=C/c2ccc(-c3ccc(C(=O)OC)s3)s2)nc2ccccc21. The summed E-state index contributed by atoms with van der Waals surface area (Å²) in [6.07, 6.45) is 4.16. The van der Waals surface area contributed by atoms with Gasteiger partial charge in [0.15, 0.2) is 0 Å². The Kier molecular flexibility index (Phi) is 4.92. The van der Waals surface area contributed by atoms with Gasteiger partial charge in [-0.1, -0.05) is 12.1 Å². The molecule has 0 N–H and O–H groups in total. The molecule has 27 heavy (non-hydrogen) atoms.